The van der Waals surface area contributed by atoms with Crippen molar-refractivity contribution in [3.05, 3.63) is 53.3 Å². The minimum Gasteiger partial charge on any atom is -0.497 e. The lowest BCUT2D eigenvalue weighted by Gasteiger charge is -2.28. The summed E-state index contributed by atoms with van der Waals surface area (Å²) in [6.07, 6.45) is 1.01. The number of rotatable bonds is 6. The van der Waals surface area contributed by atoms with Crippen LogP contribution in [0.1, 0.15) is 6.92 Å². The number of amides is 1. The molecule has 0 saturated carbocycles. The molecule has 0 aliphatic rings. The molecule has 26 heavy (non-hydrogen) atoms. The molecule has 0 spiro atoms. The van der Waals surface area contributed by atoms with E-state index in [1.54, 1.807) is 24.3 Å². The smallest absolute Gasteiger partial charge is 0.247 e. The highest BCUT2D eigenvalue weighted by Gasteiger charge is 2.29. The van der Waals surface area contributed by atoms with Gasteiger partial charge in [-0.2, -0.15) is 0 Å². The fourth-order valence-electron chi connectivity index (χ4n) is 2.36. The van der Waals surface area contributed by atoms with Gasteiger partial charge in [-0.25, -0.2) is 12.8 Å². The van der Waals surface area contributed by atoms with Crippen LogP contribution in [0.3, 0.4) is 0 Å². The molecule has 9 heteroatoms. The van der Waals surface area contributed by atoms with E-state index in [4.69, 9.17) is 16.3 Å². The van der Waals surface area contributed by atoms with E-state index < -0.39 is 27.8 Å². The predicted octanol–water partition coefficient (Wildman–Crippen LogP) is 3.28. The molecular formula is C17H18ClFN2O4S. The van der Waals surface area contributed by atoms with E-state index in [1.807, 2.05) is 0 Å². The maximum absolute atomic E-state index is 13.2. The molecule has 6 nitrogen and oxygen atoms in total. The van der Waals surface area contributed by atoms with Crippen molar-refractivity contribution in [2.45, 2.75) is 13.0 Å². The molecule has 0 aliphatic heterocycles. The number of halogens is 2. The average molecular weight is 401 g/mol. The molecule has 0 aromatic heterocycles. The summed E-state index contributed by atoms with van der Waals surface area (Å²) in [4.78, 5) is 12.5. The zero-order chi connectivity index (χ0) is 19.5. The molecule has 1 amide bonds. The molecule has 2 aromatic carbocycles. The Morgan fingerprint density at radius 2 is 1.85 bits per heavy atom. The van der Waals surface area contributed by atoms with Crippen LogP contribution >= 0.6 is 11.6 Å². The standard InChI is InChI=1S/C17H18ClFN2O4S/c1-11(17(22)20-12-4-9-16(19)15(18)10-12)21(26(3,23)24)13-5-7-14(25-2)8-6-13/h4-11H,1-3H3,(H,20,22)/t11-/m0/s1. The maximum Gasteiger partial charge on any atom is 0.247 e. The van der Waals surface area contributed by atoms with Gasteiger partial charge in [-0.05, 0) is 49.4 Å². The van der Waals surface area contributed by atoms with Crippen LogP contribution in [0.5, 0.6) is 5.75 Å². The normalized spacial score (nSPS) is 12.3. The number of hydrogen-bond donors (Lipinski definition) is 1. The lowest BCUT2D eigenvalue weighted by Crippen LogP contribution is -2.45. The van der Waals surface area contributed by atoms with Crippen LogP contribution in [0.2, 0.25) is 5.02 Å². The molecule has 0 radical (unpaired) electrons. The summed E-state index contributed by atoms with van der Waals surface area (Å²) >= 11 is 5.69. The SMILES string of the molecule is COc1ccc(N([C@@H](C)C(=O)Nc2ccc(F)c(Cl)c2)S(C)(=O)=O)cc1. The molecular weight excluding hydrogens is 383 g/mol. The second-order valence-electron chi connectivity index (χ2n) is 5.55. The lowest BCUT2D eigenvalue weighted by molar-refractivity contribution is -0.116. The van der Waals surface area contributed by atoms with Crippen LogP contribution < -0.4 is 14.4 Å². The Balaban J connectivity index is 2.29. The minimum atomic E-state index is -3.74. The zero-order valence-corrected chi connectivity index (χ0v) is 15.9. The number of anilines is 2. The first-order chi connectivity index (χ1) is 12.1. The number of nitrogens with zero attached hydrogens (tertiary/aromatic N) is 1. The van der Waals surface area contributed by atoms with Crippen molar-refractivity contribution in [2.24, 2.45) is 0 Å². The summed E-state index contributed by atoms with van der Waals surface area (Å²) in [5, 5.41) is 2.39. The number of nitrogens with one attached hydrogen (secondary N) is 1. The van der Waals surface area contributed by atoms with Gasteiger partial charge < -0.3 is 10.1 Å². The number of ether oxygens (including phenoxy) is 1. The first kappa shape index (κ1) is 20.0. The van der Waals surface area contributed by atoms with Crippen molar-refractivity contribution in [3.8, 4) is 5.75 Å². The van der Waals surface area contributed by atoms with E-state index in [9.17, 15) is 17.6 Å². The summed E-state index contributed by atoms with van der Waals surface area (Å²) in [5.41, 5.74) is 0.574. The summed E-state index contributed by atoms with van der Waals surface area (Å²) < 4.78 is 43.7. The van der Waals surface area contributed by atoms with Crippen LogP contribution in [0, 0.1) is 5.82 Å². The minimum absolute atomic E-state index is 0.148. The monoisotopic (exact) mass is 400 g/mol. The van der Waals surface area contributed by atoms with E-state index in [2.05, 4.69) is 5.32 Å². The van der Waals surface area contributed by atoms with E-state index in [0.29, 0.717) is 11.4 Å². The van der Waals surface area contributed by atoms with Gasteiger partial charge in [0.15, 0.2) is 0 Å². The van der Waals surface area contributed by atoms with Gasteiger partial charge in [0.25, 0.3) is 0 Å². The second-order valence-corrected chi connectivity index (χ2v) is 7.82. The molecule has 0 aliphatic carbocycles. The Morgan fingerprint density at radius 3 is 2.35 bits per heavy atom. The first-order valence-corrected chi connectivity index (χ1v) is 9.75. The van der Waals surface area contributed by atoms with Crippen LogP contribution in [0.25, 0.3) is 0 Å². The number of carbonyl (C=O) groups excluding carboxylic acids is 1. The third kappa shape index (κ3) is 4.64. The highest BCUT2D eigenvalue weighted by Crippen LogP contribution is 2.25. The Bertz CT molecular complexity index is 903. The Labute approximate surface area is 156 Å². The van der Waals surface area contributed by atoms with Gasteiger partial charge in [0, 0.05) is 5.69 Å². The van der Waals surface area contributed by atoms with E-state index in [1.165, 1.54) is 26.2 Å². The number of hydrogen-bond acceptors (Lipinski definition) is 4. The highest BCUT2D eigenvalue weighted by molar-refractivity contribution is 7.92. The van der Waals surface area contributed by atoms with Crippen molar-refractivity contribution in [2.75, 3.05) is 23.0 Å². The fraction of sp³-hybridized carbons (Fsp3) is 0.235. The van der Waals surface area contributed by atoms with E-state index >= 15 is 0 Å². The Kier molecular flexibility index (Phi) is 6.09. The number of carbonyl (C=O) groups is 1. The van der Waals surface area contributed by atoms with Gasteiger partial charge in [-0.1, -0.05) is 11.6 Å². The Morgan fingerprint density at radius 1 is 1.23 bits per heavy atom. The van der Waals surface area contributed by atoms with Crippen LogP contribution in [0.15, 0.2) is 42.5 Å². The van der Waals surface area contributed by atoms with Crippen LogP contribution in [-0.2, 0) is 14.8 Å². The number of sulfonamides is 1. The molecule has 1 N–H and O–H groups in total. The van der Waals surface area contributed by atoms with Crippen LogP contribution in [0.4, 0.5) is 15.8 Å². The Hall–Kier alpha value is -2.32. The molecule has 0 heterocycles. The molecule has 140 valence electrons. The van der Waals surface area contributed by atoms with Crippen molar-refractivity contribution in [1.82, 2.24) is 0 Å². The predicted molar refractivity (Wildman–Crippen MR) is 99.8 cm³/mol. The van der Waals surface area contributed by atoms with Crippen molar-refractivity contribution in [1.29, 1.82) is 0 Å². The number of methoxy groups -OCH3 is 1. The second kappa shape index (κ2) is 7.92. The van der Waals surface area contributed by atoms with Gasteiger partial charge in [0.2, 0.25) is 15.9 Å². The topological polar surface area (TPSA) is 75.7 Å². The van der Waals surface area contributed by atoms with Gasteiger partial charge >= 0.3 is 0 Å². The van der Waals surface area contributed by atoms with Crippen molar-refractivity contribution in [3.63, 3.8) is 0 Å². The van der Waals surface area contributed by atoms with Gasteiger partial charge in [-0.3, -0.25) is 9.10 Å². The molecule has 0 unspecified atom stereocenters. The molecule has 0 fully saturated rings. The molecule has 2 rings (SSSR count). The summed E-state index contributed by atoms with van der Waals surface area (Å²) in [6.45, 7) is 1.45. The van der Waals surface area contributed by atoms with Gasteiger partial charge in [0.05, 0.1) is 24.1 Å². The quantitative estimate of drug-likeness (QED) is 0.807. The first-order valence-electron chi connectivity index (χ1n) is 7.53. The highest BCUT2D eigenvalue weighted by atomic mass is 35.5. The van der Waals surface area contributed by atoms with E-state index in [0.717, 1.165) is 16.6 Å². The zero-order valence-electron chi connectivity index (χ0n) is 14.4. The fourth-order valence-corrected chi connectivity index (χ4v) is 3.71. The molecule has 0 saturated heterocycles. The summed E-state index contributed by atoms with van der Waals surface area (Å²) in [6, 6.07) is 8.92. The molecule has 2 aromatic rings. The van der Waals surface area contributed by atoms with E-state index in [-0.39, 0.29) is 10.7 Å². The largest absolute Gasteiger partial charge is 0.497 e. The van der Waals surface area contributed by atoms with Gasteiger partial charge in [0.1, 0.15) is 17.6 Å². The van der Waals surface area contributed by atoms with Gasteiger partial charge in [-0.15, -0.1) is 0 Å². The summed E-state index contributed by atoms with van der Waals surface area (Å²) in [5.74, 6) is -0.650. The number of benzene rings is 2. The average Bonchev–Trinajstić information content (AvgIpc) is 2.57. The van der Waals surface area contributed by atoms with Crippen molar-refractivity contribution < 1.29 is 22.3 Å². The third-order valence-electron chi connectivity index (χ3n) is 3.60. The summed E-state index contributed by atoms with van der Waals surface area (Å²) in [7, 11) is -2.25. The van der Waals surface area contributed by atoms with Crippen LogP contribution in [-0.4, -0.2) is 33.7 Å². The van der Waals surface area contributed by atoms with Crippen molar-refractivity contribution >= 4 is 38.9 Å². The third-order valence-corrected chi connectivity index (χ3v) is 5.13. The maximum atomic E-state index is 13.2. The molecule has 0 bridgehead atoms. The molecule has 1 atom stereocenters. The lowest BCUT2D eigenvalue weighted by atomic mass is 10.2.